The molecule has 0 bridgehead atoms. The molecule has 0 unspecified atom stereocenters. The van der Waals surface area contributed by atoms with Gasteiger partial charge in [-0.25, -0.2) is 9.97 Å². The monoisotopic (exact) mass is 436 g/mol. The number of aliphatic imine (C=N–C) groups is 1. The maximum atomic E-state index is 12.0. The lowest BCUT2D eigenvalue weighted by Crippen LogP contribution is -2.23. The fourth-order valence-corrected chi connectivity index (χ4v) is 4.86. The molecule has 0 aliphatic rings. The molecule has 2 aromatic heterocycles. The number of nitrogens with zero attached hydrogens (tertiary/aromatic N) is 3. The summed E-state index contributed by atoms with van der Waals surface area (Å²) >= 11 is 3.16. The molecular formula is C21H20N6OS2. The molecule has 0 fully saturated rings. The van der Waals surface area contributed by atoms with E-state index in [1.807, 2.05) is 50.2 Å². The van der Waals surface area contributed by atoms with E-state index in [-0.39, 0.29) is 17.5 Å². The van der Waals surface area contributed by atoms with Crippen LogP contribution in [0.4, 0.5) is 11.6 Å². The molecule has 4 rings (SSSR count). The van der Waals surface area contributed by atoms with Gasteiger partial charge in [0.05, 0.1) is 15.9 Å². The van der Waals surface area contributed by atoms with E-state index in [2.05, 4.69) is 31.3 Å². The predicted molar refractivity (Wildman–Crippen MR) is 125 cm³/mol. The fourth-order valence-electron chi connectivity index (χ4n) is 2.90. The van der Waals surface area contributed by atoms with Gasteiger partial charge in [-0.2, -0.15) is 4.99 Å². The van der Waals surface area contributed by atoms with Crippen LogP contribution in [0.1, 0.15) is 16.8 Å². The van der Waals surface area contributed by atoms with Crippen LogP contribution in [0.15, 0.2) is 62.7 Å². The summed E-state index contributed by atoms with van der Waals surface area (Å²) < 4.78 is 2.06. The quantitative estimate of drug-likeness (QED) is 0.244. The minimum absolute atomic E-state index is 0.154. The van der Waals surface area contributed by atoms with Crippen LogP contribution in [0.3, 0.4) is 0 Å². The second kappa shape index (κ2) is 8.68. The van der Waals surface area contributed by atoms with Gasteiger partial charge in [0.25, 0.3) is 5.56 Å². The lowest BCUT2D eigenvalue weighted by atomic mass is 10.1. The number of nitrogens with one attached hydrogen (secondary N) is 2. The van der Waals surface area contributed by atoms with Crippen LogP contribution in [0.2, 0.25) is 0 Å². The fraction of sp³-hybridized carbons (Fsp3) is 0.143. The number of aryl methyl sites for hydroxylation is 2. The van der Waals surface area contributed by atoms with Crippen molar-refractivity contribution in [2.75, 3.05) is 5.32 Å². The molecule has 0 saturated heterocycles. The van der Waals surface area contributed by atoms with E-state index in [1.54, 1.807) is 11.3 Å². The summed E-state index contributed by atoms with van der Waals surface area (Å²) in [4.78, 5) is 27.9. The van der Waals surface area contributed by atoms with Crippen LogP contribution in [-0.2, 0) is 5.75 Å². The van der Waals surface area contributed by atoms with Crippen molar-refractivity contribution in [2.45, 2.75) is 23.9 Å². The number of rotatable bonds is 5. The number of aromatic nitrogens is 3. The van der Waals surface area contributed by atoms with Crippen molar-refractivity contribution in [3.8, 4) is 0 Å². The van der Waals surface area contributed by atoms with Gasteiger partial charge < -0.3 is 11.1 Å². The van der Waals surface area contributed by atoms with Gasteiger partial charge in [0.1, 0.15) is 0 Å². The number of H-pyrrole nitrogens is 1. The van der Waals surface area contributed by atoms with Gasteiger partial charge in [0.2, 0.25) is 11.9 Å². The topological polar surface area (TPSA) is 109 Å². The number of para-hydroxylation sites is 1. The molecule has 0 saturated carbocycles. The number of aromatic amines is 1. The van der Waals surface area contributed by atoms with Crippen molar-refractivity contribution in [2.24, 2.45) is 10.7 Å². The Balaban J connectivity index is 1.49. The summed E-state index contributed by atoms with van der Waals surface area (Å²) in [5.41, 5.74) is 10.4. The van der Waals surface area contributed by atoms with Gasteiger partial charge in [0.15, 0.2) is 4.34 Å². The molecule has 30 heavy (non-hydrogen) atoms. The SMILES string of the molecule is Cc1ccc(N/C(N)=N/c2nc(CSc3nc4ccccc4s3)cc(=O)[nH]2)c(C)c1. The smallest absolute Gasteiger partial charge is 0.252 e. The lowest BCUT2D eigenvalue weighted by molar-refractivity contribution is 1.04. The maximum absolute atomic E-state index is 12.0. The molecule has 2 heterocycles. The zero-order valence-electron chi connectivity index (χ0n) is 16.5. The van der Waals surface area contributed by atoms with E-state index in [1.165, 1.54) is 17.8 Å². The summed E-state index contributed by atoms with van der Waals surface area (Å²) in [6, 6.07) is 15.4. The van der Waals surface area contributed by atoms with E-state index in [0.717, 1.165) is 31.4 Å². The van der Waals surface area contributed by atoms with Crippen molar-refractivity contribution >= 4 is 50.9 Å². The molecule has 0 aliphatic heterocycles. The third-order valence-electron chi connectivity index (χ3n) is 4.27. The lowest BCUT2D eigenvalue weighted by Gasteiger charge is -2.09. The first-order valence-corrected chi connectivity index (χ1v) is 11.0. The molecule has 9 heteroatoms. The van der Waals surface area contributed by atoms with Crippen molar-refractivity contribution < 1.29 is 0 Å². The Kier molecular flexibility index (Phi) is 5.82. The van der Waals surface area contributed by atoms with Crippen molar-refractivity contribution in [3.05, 3.63) is 75.7 Å². The molecule has 0 amide bonds. The van der Waals surface area contributed by atoms with Crippen LogP contribution in [-0.4, -0.2) is 20.9 Å². The first-order valence-electron chi connectivity index (χ1n) is 9.23. The average Bonchev–Trinajstić information content (AvgIpc) is 3.11. The molecule has 0 spiro atoms. The van der Waals surface area contributed by atoms with Crippen LogP contribution < -0.4 is 16.6 Å². The van der Waals surface area contributed by atoms with E-state index >= 15 is 0 Å². The number of thioether (sulfide) groups is 1. The summed E-state index contributed by atoms with van der Waals surface area (Å²) in [6.07, 6.45) is 0. The first kappa shape index (κ1) is 20.1. The number of benzene rings is 2. The Labute approximate surface area is 181 Å². The van der Waals surface area contributed by atoms with Crippen LogP contribution in [0.5, 0.6) is 0 Å². The third-order valence-corrected chi connectivity index (χ3v) is 6.48. The number of nitrogens with two attached hydrogens (primary N) is 1. The zero-order valence-corrected chi connectivity index (χ0v) is 18.1. The Morgan fingerprint density at radius 2 is 2.03 bits per heavy atom. The van der Waals surface area contributed by atoms with Crippen LogP contribution >= 0.6 is 23.1 Å². The molecule has 0 atom stereocenters. The first-order chi connectivity index (χ1) is 14.5. The van der Waals surface area contributed by atoms with Crippen LogP contribution in [0.25, 0.3) is 10.2 Å². The summed E-state index contributed by atoms with van der Waals surface area (Å²) in [5, 5.41) is 3.05. The molecule has 2 aromatic carbocycles. The Bertz CT molecular complexity index is 1260. The van der Waals surface area contributed by atoms with Gasteiger partial charge in [-0.15, -0.1) is 11.3 Å². The Morgan fingerprint density at radius 3 is 2.83 bits per heavy atom. The summed E-state index contributed by atoms with van der Waals surface area (Å²) in [7, 11) is 0. The Hall–Kier alpha value is -3.17. The van der Waals surface area contributed by atoms with Gasteiger partial charge >= 0.3 is 0 Å². The summed E-state index contributed by atoms with van der Waals surface area (Å²) in [6.45, 7) is 4.02. The van der Waals surface area contributed by atoms with E-state index < -0.39 is 0 Å². The molecule has 0 radical (unpaired) electrons. The molecule has 7 nitrogen and oxygen atoms in total. The van der Waals surface area contributed by atoms with Gasteiger partial charge in [-0.05, 0) is 37.6 Å². The molecular weight excluding hydrogens is 416 g/mol. The number of hydrogen-bond acceptors (Lipinski definition) is 6. The summed E-state index contributed by atoms with van der Waals surface area (Å²) in [5.74, 6) is 0.828. The predicted octanol–water partition coefficient (Wildman–Crippen LogP) is 4.35. The maximum Gasteiger partial charge on any atom is 0.252 e. The second-order valence-electron chi connectivity index (χ2n) is 6.74. The van der Waals surface area contributed by atoms with Crippen molar-refractivity contribution in [3.63, 3.8) is 0 Å². The van der Waals surface area contributed by atoms with Gasteiger partial charge in [-0.1, -0.05) is 41.6 Å². The average molecular weight is 437 g/mol. The highest BCUT2D eigenvalue weighted by atomic mass is 32.2. The highest BCUT2D eigenvalue weighted by molar-refractivity contribution is 8.00. The number of fused-ring (bicyclic) bond motifs is 1. The minimum Gasteiger partial charge on any atom is -0.369 e. The van der Waals surface area contributed by atoms with E-state index in [9.17, 15) is 4.79 Å². The molecule has 0 aliphatic carbocycles. The molecule has 152 valence electrons. The number of anilines is 1. The normalized spacial score (nSPS) is 11.7. The number of thiazole rings is 1. The second-order valence-corrected chi connectivity index (χ2v) is 8.99. The number of guanidine groups is 1. The minimum atomic E-state index is -0.275. The highest BCUT2D eigenvalue weighted by Crippen LogP contribution is 2.31. The third kappa shape index (κ3) is 4.87. The zero-order chi connectivity index (χ0) is 21.1. The van der Waals surface area contributed by atoms with Crippen molar-refractivity contribution in [1.29, 1.82) is 0 Å². The van der Waals surface area contributed by atoms with Gasteiger partial charge in [0, 0.05) is 17.5 Å². The van der Waals surface area contributed by atoms with Crippen LogP contribution in [0, 0.1) is 13.8 Å². The largest absolute Gasteiger partial charge is 0.369 e. The van der Waals surface area contributed by atoms with E-state index in [4.69, 9.17) is 5.73 Å². The Morgan fingerprint density at radius 1 is 1.20 bits per heavy atom. The van der Waals surface area contributed by atoms with Gasteiger partial charge in [-0.3, -0.25) is 9.78 Å². The number of hydrogen-bond donors (Lipinski definition) is 3. The molecule has 4 aromatic rings. The standard InChI is InChI=1S/C21H20N6OS2/c1-12-7-8-15(13(2)9-12)24-19(22)27-20-23-14(10-18(28)26-20)11-29-21-25-16-5-3-4-6-17(16)30-21/h3-10H,11H2,1-2H3,(H4,22,23,24,26,27,28). The van der Waals surface area contributed by atoms with E-state index in [0.29, 0.717) is 11.4 Å². The molecule has 4 N–H and O–H groups in total. The highest BCUT2D eigenvalue weighted by Gasteiger charge is 2.07. The van der Waals surface area contributed by atoms with Crippen molar-refractivity contribution in [1.82, 2.24) is 15.0 Å².